The summed E-state index contributed by atoms with van der Waals surface area (Å²) in [7, 11) is 1.14. The quantitative estimate of drug-likeness (QED) is 0.136. The maximum absolute atomic E-state index is 14.1. The van der Waals surface area contributed by atoms with E-state index >= 15 is 0 Å². The lowest BCUT2D eigenvalue weighted by molar-refractivity contribution is -0.307. The van der Waals surface area contributed by atoms with E-state index in [0.717, 1.165) is 18.1 Å². The Hall–Kier alpha value is -2.95. The van der Waals surface area contributed by atoms with E-state index in [4.69, 9.17) is 32.8 Å². The molecule has 2 aliphatic heterocycles. The number of carbonyl (C=O) groups excluding carboxylic acids is 5. The third kappa shape index (κ3) is 14.4. The number of ether oxygens (including phenoxy) is 6. The molecular formula is C42H71NO13Si. The molecule has 0 radical (unpaired) electrons. The van der Waals surface area contributed by atoms with Gasteiger partial charge in [0, 0.05) is 32.6 Å². The van der Waals surface area contributed by atoms with Crippen molar-refractivity contribution in [3.05, 3.63) is 23.8 Å². The second-order valence-electron chi connectivity index (χ2n) is 16.3. The molecule has 1 saturated heterocycles. The molecule has 1 fully saturated rings. The van der Waals surface area contributed by atoms with E-state index in [1.54, 1.807) is 45.0 Å². The second kappa shape index (κ2) is 22.4. The first-order chi connectivity index (χ1) is 26.5. The minimum atomic E-state index is -2.41. The van der Waals surface area contributed by atoms with Gasteiger partial charge in [0.2, 0.25) is 0 Å². The zero-order valence-electron chi connectivity index (χ0n) is 36.8. The van der Waals surface area contributed by atoms with Crippen LogP contribution in [0.15, 0.2) is 23.8 Å². The van der Waals surface area contributed by atoms with E-state index < -0.39 is 110 Å². The Bertz CT molecular complexity index is 1420. The van der Waals surface area contributed by atoms with Crippen LogP contribution in [-0.4, -0.2) is 123 Å². The third-order valence-electron chi connectivity index (χ3n) is 11.5. The summed E-state index contributed by atoms with van der Waals surface area (Å²) in [5.74, 6) is -4.30. The molecule has 0 aromatic rings. The van der Waals surface area contributed by atoms with Crippen LogP contribution in [0.5, 0.6) is 0 Å². The van der Waals surface area contributed by atoms with Gasteiger partial charge in [-0.25, -0.2) is 0 Å². The topological polar surface area (TPSA) is 173 Å². The van der Waals surface area contributed by atoms with Gasteiger partial charge in [-0.15, -0.1) is 0 Å². The molecule has 1 N–H and O–H groups in total. The summed E-state index contributed by atoms with van der Waals surface area (Å²) in [6.45, 7) is 20.7. The fourth-order valence-corrected chi connectivity index (χ4v) is 11.1. The average molecular weight is 826 g/mol. The highest BCUT2D eigenvalue weighted by molar-refractivity contribution is 6.73. The molecule has 0 saturated carbocycles. The zero-order valence-corrected chi connectivity index (χ0v) is 37.8. The number of esters is 4. The van der Waals surface area contributed by atoms with Crippen LogP contribution in [0.1, 0.15) is 102 Å². The molecule has 2 heterocycles. The predicted octanol–water partition coefficient (Wildman–Crippen LogP) is 5.69. The summed E-state index contributed by atoms with van der Waals surface area (Å²) in [6.07, 6.45) is -1.12. The van der Waals surface area contributed by atoms with Gasteiger partial charge in [-0.1, -0.05) is 59.3 Å². The molecule has 15 heteroatoms. The standard InChI is InChI=1S/C42H71NO13Si/c1-15-33-32(24-50-29(9)44)21-25(5)19-20-35(47)42(12,49)23-26(6)38(27(7)34(22-36(48)54-33)56-57(16-2,17-3)18-4)55-41-40(53-31(11)46)37(43(13)14)39(28(8)51-41)52-30(10)45/h19-21,26-28,32-34,37-41,49H,15-18,22-24H2,1-14H3/t26-,27-,28?,32?,33+,34+,37?,38-,39?,40?,41?,42-/m0/s1. The highest BCUT2D eigenvalue weighted by atomic mass is 28.4. The van der Waals surface area contributed by atoms with E-state index in [9.17, 15) is 29.1 Å². The SMILES string of the molecule is CC[C@H]1OC(=O)C[C@@H](O[Si](CC)(CC)CC)[C@H](C)[C@@H](OC2OC(C)C(OC(C)=O)C(N(C)C)C2OC(C)=O)[C@@H](C)C[C@](C)(O)C(=O)C=CC(C)=CC1COC(C)=O. The Morgan fingerprint density at radius 1 is 0.912 bits per heavy atom. The van der Waals surface area contributed by atoms with E-state index in [0.29, 0.717) is 12.0 Å². The van der Waals surface area contributed by atoms with Crippen molar-refractivity contribution >= 4 is 38.0 Å². The molecule has 0 spiro atoms. The Morgan fingerprint density at radius 2 is 1.49 bits per heavy atom. The normalized spacial score (nSPS) is 33.6. The number of allylic oxidation sites excluding steroid dienone is 2. The third-order valence-corrected chi connectivity index (χ3v) is 16.1. The van der Waals surface area contributed by atoms with Crippen molar-refractivity contribution in [3.8, 4) is 0 Å². The summed E-state index contributed by atoms with van der Waals surface area (Å²) in [5, 5.41) is 11.8. The molecule has 2 rings (SSSR count). The number of ketones is 1. The lowest BCUT2D eigenvalue weighted by Crippen LogP contribution is -2.65. The van der Waals surface area contributed by atoms with Crippen molar-refractivity contribution < 1.29 is 61.9 Å². The van der Waals surface area contributed by atoms with Gasteiger partial charge in [-0.05, 0) is 77.8 Å². The van der Waals surface area contributed by atoms with Crippen molar-refractivity contribution in [1.82, 2.24) is 4.90 Å². The summed E-state index contributed by atoms with van der Waals surface area (Å²) in [5.41, 5.74) is -1.20. The van der Waals surface area contributed by atoms with Gasteiger partial charge in [-0.3, -0.25) is 28.9 Å². The van der Waals surface area contributed by atoms with Gasteiger partial charge in [0.05, 0.1) is 30.8 Å². The lowest BCUT2D eigenvalue weighted by Gasteiger charge is -2.49. The van der Waals surface area contributed by atoms with Crippen LogP contribution in [0, 0.1) is 17.8 Å². The maximum Gasteiger partial charge on any atom is 0.308 e. The highest BCUT2D eigenvalue weighted by Gasteiger charge is 2.52. The number of hydrogen-bond acceptors (Lipinski definition) is 14. The monoisotopic (exact) mass is 825 g/mol. The van der Waals surface area contributed by atoms with Crippen molar-refractivity contribution in [2.24, 2.45) is 17.8 Å². The van der Waals surface area contributed by atoms with Crippen LogP contribution >= 0.6 is 0 Å². The molecule has 2 aliphatic rings. The number of carbonyl (C=O) groups is 5. The number of likely N-dealkylation sites (N-methyl/N-ethyl adjacent to an activating group) is 1. The van der Waals surface area contributed by atoms with Gasteiger partial charge in [-0.2, -0.15) is 0 Å². The van der Waals surface area contributed by atoms with Gasteiger partial charge < -0.3 is 38.0 Å². The van der Waals surface area contributed by atoms with E-state index in [-0.39, 0.29) is 19.4 Å². The predicted molar refractivity (Wildman–Crippen MR) is 216 cm³/mol. The van der Waals surface area contributed by atoms with Gasteiger partial charge >= 0.3 is 23.9 Å². The second-order valence-corrected chi connectivity index (χ2v) is 21.1. The smallest absolute Gasteiger partial charge is 0.308 e. The molecule has 0 amide bonds. The fourth-order valence-electron chi connectivity index (χ4n) is 8.12. The first-order valence-electron chi connectivity index (χ1n) is 20.5. The molecule has 326 valence electrons. The van der Waals surface area contributed by atoms with Crippen molar-refractivity contribution in [2.75, 3.05) is 20.7 Å². The Morgan fingerprint density at radius 3 is 2.00 bits per heavy atom. The number of hydrogen-bond donors (Lipinski definition) is 1. The molecule has 0 aliphatic carbocycles. The molecule has 6 unspecified atom stereocenters. The zero-order chi connectivity index (χ0) is 43.4. The van der Waals surface area contributed by atoms with Crippen molar-refractivity contribution in [3.63, 3.8) is 0 Å². The Kier molecular flexibility index (Phi) is 19.7. The minimum Gasteiger partial charge on any atom is -0.465 e. The van der Waals surface area contributed by atoms with Crippen LogP contribution in [0.25, 0.3) is 0 Å². The minimum absolute atomic E-state index is 0.0468. The van der Waals surface area contributed by atoms with Crippen molar-refractivity contribution in [1.29, 1.82) is 0 Å². The molecule has 0 aromatic carbocycles. The molecule has 14 nitrogen and oxygen atoms in total. The first kappa shape index (κ1) is 50.2. The van der Waals surface area contributed by atoms with Gasteiger partial charge in [0.25, 0.3) is 0 Å². The van der Waals surface area contributed by atoms with Crippen molar-refractivity contribution in [2.45, 2.75) is 175 Å². The lowest BCUT2D eigenvalue weighted by atomic mass is 9.80. The van der Waals surface area contributed by atoms with E-state index in [2.05, 4.69) is 20.8 Å². The number of aliphatic hydroxyl groups is 1. The molecular weight excluding hydrogens is 755 g/mol. The largest absolute Gasteiger partial charge is 0.465 e. The summed E-state index contributed by atoms with van der Waals surface area (Å²) < 4.78 is 43.6. The molecule has 57 heavy (non-hydrogen) atoms. The highest BCUT2D eigenvalue weighted by Crippen LogP contribution is 2.38. The van der Waals surface area contributed by atoms with Crippen LogP contribution in [0.3, 0.4) is 0 Å². The summed E-state index contributed by atoms with van der Waals surface area (Å²) >= 11 is 0. The Labute approximate surface area is 341 Å². The molecule has 0 bridgehead atoms. The molecule has 0 aromatic heterocycles. The van der Waals surface area contributed by atoms with Gasteiger partial charge in [0.1, 0.15) is 24.4 Å². The Balaban J connectivity index is 2.84. The van der Waals surface area contributed by atoms with E-state index in [1.165, 1.54) is 33.8 Å². The van der Waals surface area contributed by atoms with Crippen LogP contribution in [0.4, 0.5) is 0 Å². The fraction of sp³-hybridized carbons (Fsp3) is 0.786. The number of cyclic esters (lactones) is 1. The maximum atomic E-state index is 14.1. The first-order valence-corrected chi connectivity index (χ1v) is 23.0. The summed E-state index contributed by atoms with van der Waals surface area (Å²) in [4.78, 5) is 66.3. The summed E-state index contributed by atoms with van der Waals surface area (Å²) in [6, 6.07) is 1.70. The molecule has 12 atom stereocenters. The van der Waals surface area contributed by atoms with Crippen LogP contribution in [-0.2, 0) is 56.8 Å². The van der Waals surface area contributed by atoms with Crippen LogP contribution < -0.4 is 0 Å². The average Bonchev–Trinajstić information content (AvgIpc) is 3.12. The van der Waals surface area contributed by atoms with Gasteiger partial charge in [0.15, 0.2) is 26.5 Å². The number of rotatable bonds is 13. The van der Waals surface area contributed by atoms with E-state index in [1.807, 2.05) is 20.8 Å². The number of nitrogens with zero attached hydrogens (tertiary/aromatic N) is 1. The van der Waals surface area contributed by atoms with Crippen LogP contribution in [0.2, 0.25) is 18.1 Å².